The summed E-state index contributed by atoms with van der Waals surface area (Å²) < 4.78 is 0. The van der Waals surface area contributed by atoms with E-state index in [1.807, 2.05) is 0 Å². The molecule has 36 heavy (non-hydrogen) atoms. The van der Waals surface area contributed by atoms with Crippen LogP contribution in [0.5, 0.6) is 0 Å². The van der Waals surface area contributed by atoms with Crippen molar-refractivity contribution in [1.29, 1.82) is 0 Å². The molecular formula is C32H59NO3. The lowest BCUT2D eigenvalue weighted by Gasteiger charge is -2.22. The third-order valence-electron chi connectivity index (χ3n) is 6.67. The Morgan fingerprint density at radius 3 is 1.83 bits per heavy atom. The number of aliphatic hydroxyl groups excluding tert-OH is 2. The molecule has 2 unspecified atom stereocenters. The Labute approximate surface area is 223 Å². The molecule has 4 heteroatoms. The maximum atomic E-state index is 12.2. The molecule has 2 atom stereocenters. The van der Waals surface area contributed by atoms with E-state index in [2.05, 4.69) is 55.6 Å². The number of hydrogen-bond acceptors (Lipinski definition) is 3. The van der Waals surface area contributed by atoms with Crippen LogP contribution >= 0.6 is 0 Å². The molecule has 0 spiro atoms. The first-order valence-corrected chi connectivity index (χ1v) is 15.2. The molecule has 0 aromatic heterocycles. The summed E-state index contributed by atoms with van der Waals surface area (Å²) in [5, 5.41) is 22.8. The molecule has 0 heterocycles. The highest BCUT2D eigenvalue weighted by Gasteiger charge is 2.19. The van der Waals surface area contributed by atoms with E-state index in [1.165, 1.54) is 70.6 Å². The fourth-order valence-corrected chi connectivity index (χ4v) is 4.31. The Morgan fingerprint density at radius 1 is 0.694 bits per heavy atom. The number of unbranched alkanes of at least 4 members (excludes halogenated alkanes) is 13. The van der Waals surface area contributed by atoms with Crippen LogP contribution in [-0.4, -0.2) is 34.9 Å². The second kappa shape index (κ2) is 28.2. The van der Waals surface area contributed by atoms with Crippen molar-refractivity contribution in [3.63, 3.8) is 0 Å². The zero-order valence-corrected chi connectivity index (χ0v) is 23.8. The lowest BCUT2D eigenvalue weighted by atomic mass is 10.0. The Kier molecular flexibility index (Phi) is 27.1. The quantitative estimate of drug-likeness (QED) is 0.0817. The van der Waals surface area contributed by atoms with Gasteiger partial charge in [-0.05, 0) is 44.9 Å². The van der Waals surface area contributed by atoms with Gasteiger partial charge in [0.25, 0.3) is 0 Å². The third-order valence-corrected chi connectivity index (χ3v) is 6.67. The summed E-state index contributed by atoms with van der Waals surface area (Å²) in [5.74, 6) is -0.0493. The molecule has 0 aliphatic carbocycles. The van der Waals surface area contributed by atoms with E-state index in [0.717, 1.165) is 44.9 Å². The number of carbonyl (C=O) groups is 1. The first kappa shape index (κ1) is 34.6. The van der Waals surface area contributed by atoms with Gasteiger partial charge in [-0.1, -0.05) is 127 Å². The van der Waals surface area contributed by atoms with Crippen LogP contribution in [0.3, 0.4) is 0 Å². The van der Waals surface area contributed by atoms with Crippen molar-refractivity contribution < 1.29 is 15.0 Å². The van der Waals surface area contributed by atoms with Crippen molar-refractivity contribution in [3.8, 4) is 0 Å². The summed E-state index contributed by atoms with van der Waals surface area (Å²) >= 11 is 0. The zero-order valence-electron chi connectivity index (χ0n) is 23.8. The number of aliphatic hydroxyl groups is 2. The summed E-state index contributed by atoms with van der Waals surface area (Å²) in [7, 11) is 0. The van der Waals surface area contributed by atoms with Crippen molar-refractivity contribution in [3.05, 3.63) is 36.5 Å². The number of allylic oxidation sites excluding steroid dienone is 6. The molecule has 210 valence electrons. The Morgan fingerprint density at radius 2 is 1.22 bits per heavy atom. The van der Waals surface area contributed by atoms with E-state index in [0.29, 0.717) is 12.8 Å². The van der Waals surface area contributed by atoms with Gasteiger partial charge in [0.05, 0.1) is 18.8 Å². The monoisotopic (exact) mass is 505 g/mol. The lowest BCUT2D eigenvalue weighted by Crippen LogP contribution is -2.45. The van der Waals surface area contributed by atoms with Crippen LogP contribution in [-0.2, 0) is 4.79 Å². The molecular weight excluding hydrogens is 446 g/mol. The summed E-state index contributed by atoms with van der Waals surface area (Å²) in [6.07, 6.45) is 34.8. The van der Waals surface area contributed by atoms with Gasteiger partial charge in [-0.3, -0.25) is 4.79 Å². The Bertz CT molecular complexity index is 556. The summed E-state index contributed by atoms with van der Waals surface area (Å²) in [5.41, 5.74) is 0. The highest BCUT2D eigenvalue weighted by Crippen LogP contribution is 2.13. The zero-order chi connectivity index (χ0) is 26.5. The van der Waals surface area contributed by atoms with Gasteiger partial charge < -0.3 is 15.5 Å². The van der Waals surface area contributed by atoms with Gasteiger partial charge in [0.15, 0.2) is 0 Å². The standard InChI is InChI=1S/C32H59NO3/c1-3-5-7-9-11-12-13-14-15-16-17-18-19-20-22-24-26-28-32(36)33-30(29-34)31(35)27-25-23-21-10-8-6-4-2/h5,7,11-12,14-15,30-31,34-35H,3-4,6,8-10,13,16-29H2,1-2H3,(H,33,36)/b7-5-,12-11-,15-14-. The van der Waals surface area contributed by atoms with Crippen LogP contribution in [0, 0.1) is 0 Å². The lowest BCUT2D eigenvalue weighted by molar-refractivity contribution is -0.123. The predicted molar refractivity (Wildman–Crippen MR) is 156 cm³/mol. The molecule has 0 saturated carbocycles. The van der Waals surface area contributed by atoms with Crippen molar-refractivity contribution in [2.75, 3.05) is 6.61 Å². The van der Waals surface area contributed by atoms with Crippen LogP contribution in [0.2, 0.25) is 0 Å². The molecule has 0 rings (SSSR count). The van der Waals surface area contributed by atoms with Crippen LogP contribution in [0.25, 0.3) is 0 Å². The number of carbonyl (C=O) groups excluding carboxylic acids is 1. The molecule has 0 aliphatic heterocycles. The second-order valence-corrected chi connectivity index (χ2v) is 10.1. The third kappa shape index (κ3) is 24.3. The normalized spacial score (nSPS) is 13.8. The van der Waals surface area contributed by atoms with E-state index in [1.54, 1.807) is 0 Å². The highest BCUT2D eigenvalue weighted by atomic mass is 16.3. The van der Waals surface area contributed by atoms with Gasteiger partial charge in [-0.25, -0.2) is 0 Å². The minimum absolute atomic E-state index is 0.0493. The largest absolute Gasteiger partial charge is 0.394 e. The second-order valence-electron chi connectivity index (χ2n) is 10.1. The number of hydrogen-bond donors (Lipinski definition) is 3. The van der Waals surface area contributed by atoms with E-state index < -0.39 is 12.1 Å². The molecule has 4 nitrogen and oxygen atoms in total. The SMILES string of the molecule is CC/C=C\C/C=C\C/C=C\CCCCCCCCCC(=O)NC(CO)C(O)CCCCCCCCC. The van der Waals surface area contributed by atoms with Gasteiger partial charge in [-0.15, -0.1) is 0 Å². The van der Waals surface area contributed by atoms with Crippen LogP contribution < -0.4 is 5.32 Å². The number of nitrogens with one attached hydrogen (secondary N) is 1. The van der Waals surface area contributed by atoms with E-state index in [4.69, 9.17) is 0 Å². The van der Waals surface area contributed by atoms with Crippen molar-refractivity contribution in [2.24, 2.45) is 0 Å². The Hall–Kier alpha value is -1.39. The topological polar surface area (TPSA) is 69.6 Å². The Balaban J connectivity index is 3.61. The van der Waals surface area contributed by atoms with Crippen molar-refractivity contribution >= 4 is 5.91 Å². The maximum absolute atomic E-state index is 12.2. The molecule has 0 aromatic rings. The minimum atomic E-state index is -0.658. The smallest absolute Gasteiger partial charge is 0.220 e. The minimum Gasteiger partial charge on any atom is -0.394 e. The van der Waals surface area contributed by atoms with E-state index in [-0.39, 0.29) is 12.5 Å². The molecule has 3 N–H and O–H groups in total. The first-order chi connectivity index (χ1) is 17.7. The van der Waals surface area contributed by atoms with Crippen LogP contribution in [0.4, 0.5) is 0 Å². The number of amides is 1. The molecule has 0 aliphatic rings. The van der Waals surface area contributed by atoms with E-state index >= 15 is 0 Å². The molecule has 0 bridgehead atoms. The molecule has 1 amide bonds. The molecule has 0 fully saturated rings. The van der Waals surface area contributed by atoms with Gasteiger partial charge in [0, 0.05) is 6.42 Å². The highest BCUT2D eigenvalue weighted by molar-refractivity contribution is 5.76. The van der Waals surface area contributed by atoms with Gasteiger partial charge in [0.1, 0.15) is 0 Å². The molecule has 0 saturated heterocycles. The van der Waals surface area contributed by atoms with E-state index in [9.17, 15) is 15.0 Å². The van der Waals surface area contributed by atoms with Gasteiger partial charge in [-0.2, -0.15) is 0 Å². The van der Waals surface area contributed by atoms with Crippen molar-refractivity contribution in [2.45, 2.75) is 154 Å². The fraction of sp³-hybridized carbons (Fsp3) is 0.781. The summed E-state index contributed by atoms with van der Waals surface area (Å²) in [4.78, 5) is 12.2. The maximum Gasteiger partial charge on any atom is 0.220 e. The average molecular weight is 506 g/mol. The predicted octanol–water partition coefficient (Wildman–Crippen LogP) is 8.33. The van der Waals surface area contributed by atoms with Gasteiger partial charge in [0.2, 0.25) is 5.91 Å². The van der Waals surface area contributed by atoms with Crippen molar-refractivity contribution in [1.82, 2.24) is 5.32 Å². The fourth-order valence-electron chi connectivity index (χ4n) is 4.31. The molecule has 0 aromatic carbocycles. The van der Waals surface area contributed by atoms with Crippen LogP contribution in [0.15, 0.2) is 36.5 Å². The molecule has 0 radical (unpaired) electrons. The van der Waals surface area contributed by atoms with Crippen LogP contribution in [0.1, 0.15) is 142 Å². The number of rotatable bonds is 26. The first-order valence-electron chi connectivity index (χ1n) is 15.2. The summed E-state index contributed by atoms with van der Waals surface area (Å²) in [6.45, 7) is 4.17. The summed E-state index contributed by atoms with van der Waals surface area (Å²) in [6, 6.07) is -0.536. The average Bonchev–Trinajstić information content (AvgIpc) is 2.88. The van der Waals surface area contributed by atoms with Gasteiger partial charge >= 0.3 is 0 Å².